The number of nitrogens with two attached hydrogens (primary N) is 1. The lowest BCUT2D eigenvalue weighted by atomic mass is 10.2. The SMILES string of the molecule is CCOC(=O)C(N)C(=O)Nc1cncc(C)c1. The lowest BCUT2D eigenvalue weighted by molar-refractivity contribution is -0.146. The summed E-state index contributed by atoms with van der Waals surface area (Å²) < 4.78 is 4.65. The topological polar surface area (TPSA) is 94.3 Å². The van der Waals surface area contributed by atoms with Crippen molar-refractivity contribution in [3.63, 3.8) is 0 Å². The normalized spacial score (nSPS) is 11.7. The first-order valence-corrected chi connectivity index (χ1v) is 5.19. The minimum Gasteiger partial charge on any atom is -0.464 e. The zero-order chi connectivity index (χ0) is 12.8. The summed E-state index contributed by atoms with van der Waals surface area (Å²) in [6.07, 6.45) is 3.13. The van der Waals surface area contributed by atoms with Crippen LogP contribution in [0.2, 0.25) is 0 Å². The van der Waals surface area contributed by atoms with E-state index < -0.39 is 17.9 Å². The summed E-state index contributed by atoms with van der Waals surface area (Å²) in [4.78, 5) is 26.7. The molecule has 92 valence electrons. The van der Waals surface area contributed by atoms with Crippen LogP contribution in [0.15, 0.2) is 18.5 Å². The van der Waals surface area contributed by atoms with Gasteiger partial charge in [0, 0.05) is 6.20 Å². The first kappa shape index (κ1) is 13.1. The van der Waals surface area contributed by atoms with Crippen LogP contribution in [0.4, 0.5) is 5.69 Å². The zero-order valence-corrected chi connectivity index (χ0v) is 9.77. The fraction of sp³-hybridized carbons (Fsp3) is 0.364. The monoisotopic (exact) mass is 237 g/mol. The van der Waals surface area contributed by atoms with Crippen molar-refractivity contribution in [2.45, 2.75) is 19.9 Å². The van der Waals surface area contributed by atoms with E-state index >= 15 is 0 Å². The van der Waals surface area contributed by atoms with Gasteiger partial charge in [-0.05, 0) is 25.5 Å². The summed E-state index contributed by atoms with van der Waals surface area (Å²) in [5.74, 6) is -1.36. The first-order chi connectivity index (χ1) is 8.04. The molecule has 1 amide bonds. The molecule has 0 saturated carbocycles. The second-order valence-electron chi connectivity index (χ2n) is 3.47. The molecule has 3 N–H and O–H groups in total. The zero-order valence-electron chi connectivity index (χ0n) is 9.77. The van der Waals surface area contributed by atoms with E-state index in [0.717, 1.165) is 5.56 Å². The molecule has 0 aliphatic carbocycles. The summed E-state index contributed by atoms with van der Waals surface area (Å²) in [5, 5.41) is 2.49. The number of aryl methyl sites for hydroxylation is 1. The van der Waals surface area contributed by atoms with Crippen molar-refractivity contribution < 1.29 is 14.3 Å². The molecule has 1 atom stereocenters. The molecular formula is C11H15N3O3. The Morgan fingerprint density at radius 3 is 2.82 bits per heavy atom. The van der Waals surface area contributed by atoms with E-state index in [-0.39, 0.29) is 6.61 Å². The van der Waals surface area contributed by atoms with Gasteiger partial charge in [-0.2, -0.15) is 0 Å². The average Bonchev–Trinajstić information content (AvgIpc) is 2.28. The van der Waals surface area contributed by atoms with Gasteiger partial charge in [0.15, 0.2) is 6.04 Å². The fourth-order valence-electron chi connectivity index (χ4n) is 1.18. The maximum atomic E-state index is 11.6. The Kier molecular flexibility index (Phi) is 4.59. The van der Waals surface area contributed by atoms with Crippen LogP contribution in [0.5, 0.6) is 0 Å². The minimum atomic E-state index is -1.32. The minimum absolute atomic E-state index is 0.186. The largest absolute Gasteiger partial charge is 0.464 e. The van der Waals surface area contributed by atoms with Crippen LogP contribution in [0.1, 0.15) is 12.5 Å². The molecule has 1 aromatic heterocycles. The van der Waals surface area contributed by atoms with Gasteiger partial charge in [-0.1, -0.05) is 0 Å². The van der Waals surface area contributed by atoms with Crippen LogP contribution in [0.3, 0.4) is 0 Å². The van der Waals surface area contributed by atoms with Crippen molar-refractivity contribution in [2.75, 3.05) is 11.9 Å². The number of esters is 1. The molecule has 1 rings (SSSR count). The molecule has 0 saturated heterocycles. The van der Waals surface area contributed by atoms with Crippen molar-refractivity contribution in [1.29, 1.82) is 0 Å². The van der Waals surface area contributed by atoms with E-state index in [1.807, 2.05) is 6.92 Å². The van der Waals surface area contributed by atoms with Crippen LogP contribution >= 0.6 is 0 Å². The van der Waals surface area contributed by atoms with Crippen LogP contribution in [-0.2, 0) is 14.3 Å². The van der Waals surface area contributed by atoms with Crippen LogP contribution in [0.25, 0.3) is 0 Å². The number of carbonyl (C=O) groups is 2. The van der Waals surface area contributed by atoms with E-state index in [9.17, 15) is 9.59 Å². The summed E-state index contributed by atoms with van der Waals surface area (Å²) >= 11 is 0. The molecule has 6 heteroatoms. The molecule has 0 fully saturated rings. The van der Waals surface area contributed by atoms with Crippen molar-refractivity contribution >= 4 is 17.6 Å². The molecule has 0 radical (unpaired) electrons. The molecule has 0 bridgehead atoms. The van der Waals surface area contributed by atoms with Gasteiger partial charge in [-0.3, -0.25) is 9.78 Å². The third-order valence-corrected chi connectivity index (χ3v) is 1.97. The van der Waals surface area contributed by atoms with Gasteiger partial charge in [0.05, 0.1) is 18.5 Å². The average molecular weight is 237 g/mol. The molecule has 1 heterocycles. The number of hydrogen-bond acceptors (Lipinski definition) is 5. The van der Waals surface area contributed by atoms with Gasteiger partial charge in [0.1, 0.15) is 0 Å². The van der Waals surface area contributed by atoms with Crippen molar-refractivity contribution in [1.82, 2.24) is 4.98 Å². The molecule has 0 aliphatic rings. The number of carbonyl (C=O) groups excluding carboxylic acids is 2. The van der Waals surface area contributed by atoms with Crippen LogP contribution < -0.4 is 11.1 Å². The summed E-state index contributed by atoms with van der Waals surface area (Å²) in [5.41, 5.74) is 6.82. The lowest BCUT2D eigenvalue weighted by Gasteiger charge is -2.11. The third kappa shape index (κ3) is 3.84. The van der Waals surface area contributed by atoms with E-state index in [2.05, 4.69) is 15.0 Å². The van der Waals surface area contributed by atoms with E-state index in [0.29, 0.717) is 5.69 Å². The smallest absolute Gasteiger partial charge is 0.332 e. The summed E-state index contributed by atoms with van der Waals surface area (Å²) in [6, 6.07) is 0.401. The number of ether oxygens (including phenoxy) is 1. The van der Waals surface area contributed by atoms with E-state index in [1.54, 1.807) is 19.2 Å². The number of amides is 1. The molecule has 1 unspecified atom stereocenters. The number of rotatable bonds is 4. The number of hydrogen-bond donors (Lipinski definition) is 2. The van der Waals surface area contributed by atoms with Gasteiger partial charge in [-0.15, -0.1) is 0 Å². The van der Waals surface area contributed by atoms with Crippen LogP contribution in [0, 0.1) is 6.92 Å². The van der Waals surface area contributed by atoms with E-state index in [1.165, 1.54) is 6.20 Å². The predicted octanol–water partition coefficient (Wildman–Crippen LogP) is 0.219. The molecule has 1 aromatic rings. The number of nitrogens with one attached hydrogen (secondary N) is 1. The second kappa shape index (κ2) is 5.95. The van der Waals surface area contributed by atoms with Gasteiger partial charge >= 0.3 is 5.97 Å². The highest BCUT2D eigenvalue weighted by Gasteiger charge is 2.23. The highest BCUT2D eigenvalue weighted by molar-refractivity contribution is 6.08. The first-order valence-electron chi connectivity index (χ1n) is 5.19. The fourth-order valence-corrected chi connectivity index (χ4v) is 1.18. The maximum absolute atomic E-state index is 11.6. The molecule has 0 spiro atoms. The van der Waals surface area contributed by atoms with Gasteiger partial charge < -0.3 is 15.8 Å². The van der Waals surface area contributed by atoms with E-state index in [4.69, 9.17) is 5.73 Å². The molecule has 0 aromatic carbocycles. The Balaban J connectivity index is 2.63. The van der Waals surface area contributed by atoms with Crippen molar-refractivity contribution in [3.05, 3.63) is 24.0 Å². The maximum Gasteiger partial charge on any atom is 0.332 e. The predicted molar refractivity (Wildman–Crippen MR) is 62.2 cm³/mol. The second-order valence-corrected chi connectivity index (χ2v) is 3.47. The highest BCUT2D eigenvalue weighted by Crippen LogP contribution is 2.07. The number of nitrogens with zero attached hydrogens (tertiary/aromatic N) is 1. The molecule has 17 heavy (non-hydrogen) atoms. The Morgan fingerprint density at radius 1 is 1.53 bits per heavy atom. The summed E-state index contributed by atoms with van der Waals surface area (Å²) in [6.45, 7) is 3.67. The van der Waals surface area contributed by atoms with Crippen molar-refractivity contribution in [3.8, 4) is 0 Å². The molecular weight excluding hydrogens is 222 g/mol. The quantitative estimate of drug-likeness (QED) is 0.577. The van der Waals surface area contributed by atoms with Gasteiger partial charge in [0.2, 0.25) is 0 Å². The van der Waals surface area contributed by atoms with Gasteiger partial charge in [-0.25, -0.2) is 4.79 Å². The Labute approximate surface area is 99.2 Å². The summed E-state index contributed by atoms with van der Waals surface area (Å²) in [7, 11) is 0. The standard InChI is InChI=1S/C11H15N3O3/c1-3-17-11(16)9(12)10(15)14-8-4-7(2)5-13-6-8/h4-6,9H,3,12H2,1-2H3,(H,14,15). The lowest BCUT2D eigenvalue weighted by Crippen LogP contribution is -2.43. The number of aromatic nitrogens is 1. The Morgan fingerprint density at radius 2 is 2.24 bits per heavy atom. The molecule has 0 aliphatic heterocycles. The Hall–Kier alpha value is -1.95. The number of pyridine rings is 1. The molecule has 6 nitrogen and oxygen atoms in total. The van der Waals surface area contributed by atoms with Crippen molar-refractivity contribution in [2.24, 2.45) is 5.73 Å². The van der Waals surface area contributed by atoms with Crippen LogP contribution in [-0.4, -0.2) is 29.5 Å². The third-order valence-electron chi connectivity index (χ3n) is 1.97. The van der Waals surface area contributed by atoms with Gasteiger partial charge in [0.25, 0.3) is 5.91 Å². The number of anilines is 1. The highest BCUT2D eigenvalue weighted by atomic mass is 16.5. The Bertz CT molecular complexity index is 420.